The topological polar surface area (TPSA) is 17.1 Å². The Hall–Kier alpha value is -0.890. The fraction of sp³-hybridized carbons (Fsp3) is 0.533. The molecule has 0 amide bonds. The van der Waals surface area contributed by atoms with Crippen molar-refractivity contribution in [3.63, 3.8) is 0 Å². The summed E-state index contributed by atoms with van der Waals surface area (Å²) in [6.07, 6.45) is 5.19. The van der Waals surface area contributed by atoms with Crippen LogP contribution < -0.4 is 0 Å². The Labute approximate surface area is 112 Å². The van der Waals surface area contributed by atoms with Gasteiger partial charge in [0.1, 0.15) is 0 Å². The van der Waals surface area contributed by atoms with Gasteiger partial charge in [-0.1, -0.05) is 43.9 Å². The van der Waals surface area contributed by atoms with Crippen LogP contribution in [0.3, 0.4) is 0 Å². The summed E-state index contributed by atoms with van der Waals surface area (Å²) in [4.78, 5) is 12.4. The first-order valence-electron chi connectivity index (χ1n) is 6.63. The van der Waals surface area contributed by atoms with Gasteiger partial charge >= 0.3 is 0 Å². The van der Waals surface area contributed by atoms with E-state index in [-0.39, 0.29) is 22.3 Å². The number of hydrogen-bond donors (Lipinski definition) is 0. The molecule has 0 heterocycles. The minimum Gasteiger partial charge on any atom is -0.294 e. The van der Waals surface area contributed by atoms with Crippen molar-refractivity contribution >= 4 is 17.4 Å². The summed E-state index contributed by atoms with van der Waals surface area (Å²) in [5.41, 5.74) is 0.160. The minimum absolute atomic E-state index is 0.0308. The molecule has 1 saturated carbocycles. The van der Waals surface area contributed by atoms with E-state index in [9.17, 15) is 9.18 Å². The molecule has 3 heteroatoms. The monoisotopic (exact) mass is 268 g/mol. The average Bonchev–Trinajstić information content (AvgIpc) is 2.41. The molecule has 1 aromatic rings. The maximum atomic E-state index is 13.9. The van der Waals surface area contributed by atoms with Crippen molar-refractivity contribution in [3.8, 4) is 0 Å². The molecule has 98 valence electrons. The van der Waals surface area contributed by atoms with Crippen molar-refractivity contribution in [1.29, 1.82) is 0 Å². The third-order valence-electron chi connectivity index (χ3n) is 3.99. The van der Waals surface area contributed by atoms with Gasteiger partial charge in [0.25, 0.3) is 0 Å². The van der Waals surface area contributed by atoms with Gasteiger partial charge in [-0.2, -0.15) is 0 Å². The van der Waals surface area contributed by atoms with E-state index in [0.717, 1.165) is 25.7 Å². The normalized spacial score (nSPS) is 23.9. The van der Waals surface area contributed by atoms with Crippen molar-refractivity contribution in [2.45, 2.75) is 39.0 Å². The van der Waals surface area contributed by atoms with Crippen molar-refractivity contribution in [2.24, 2.45) is 11.8 Å². The fourth-order valence-corrected chi connectivity index (χ4v) is 3.11. The first kappa shape index (κ1) is 13.5. The molecule has 18 heavy (non-hydrogen) atoms. The standard InChI is InChI=1S/C15H18ClFO/c1-2-10-6-3-4-7-11(10)15(18)12-8-5-9-13(16)14(12)17/h5,8-11H,2-4,6-7H2,1H3. The van der Waals surface area contributed by atoms with Crippen LogP contribution in [0, 0.1) is 17.7 Å². The highest BCUT2D eigenvalue weighted by molar-refractivity contribution is 6.31. The minimum atomic E-state index is -0.565. The number of ketones is 1. The zero-order valence-corrected chi connectivity index (χ0v) is 11.3. The maximum absolute atomic E-state index is 13.9. The molecule has 2 atom stereocenters. The van der Waals surface area contributed by atoms with E-state index in [1.807, 2.05) is 0 Å². The number of carbonyl (C=O) groups is 1. The Morgan fingerprint density at radius 2 is 2.11 bits per heavy atom. The molecule has 0 N–H and O–H groups in total. The van der Waals surface area contributed by atoms with Crippen LogP contribution in [0.5, 0.6) is 0 Å². The van der Waals surface area contributed by atoms with E-state index >= 15 is 0 Å². The first-order chi connectivity index (χ1) is 8.65. The van der Waals surface area contributed by atoms with Gasteiger partial charge in [0, 0.05) is 5.92 Å². The van der Waals surface area contributed by atoms with E-state index in [1.165, 1.54) is 12.5 Å². The molecule has 1 aliphatic rings. The highest BCUT2D eigenvalue weighted by atomic mass is 35.5. The van der Waals surface area contributed by atoms with Crippen molar-refractivity contribution < 1.29 is 9.18 Å². The first-order valence-corrected chi connectivity index (χ1v) is 7.01. The Bertz CT molecular complexity index is 444. The van der Waals surface area contributed by atoms with Crippen LogP contribution in [0.2, 0.25) is 5.02 Å². The molecule has 1 fully saturated rings. The van der Waals surface area contributed by atoms with Crippen LogP contribution in [-0.4, -0.2) is 5.78 Å². The van der Waals surface area contributed by atoms with E-state index in [2.05, 4.69) is 6.92 Å². The van der Waals surface area contributed by atoms with Crippen molar-refractivity contribution in [3.05, 3.63) is 34.6 Å². The molecule has 1 nitrogen and oxygen atoms in total. The van der Waals surface area contributed by atoms with Crippen LogP contribution in [0.4, 0.5) is 4.39 Å². The molecule has 2 rings (SSSR count). The number of hydrogen-bond acceptors (Lipinski definition) is 1. The Morgan fingerprint density at radius 1 is 1.39 bits per heavy atom. The summed E-state index contributed by atoms with van der Waals surface area (Å²) in [6.45, 7) is 2.10. The predicted molar refractivity (Wildman–Crippen MR) is 71.5 cm³/mol. The van der Waals surface area contributed by atoms with Gasteiger partial charge in [-0.15, -0.1) is 0 Å². The summed E-state index contributed by atoms with van der Waals surface area (Å²) >= 11 is 5.74. The fourth-order valence-electron chi connectivity index (χ4n) is 2.94. The second kappa shape index (κ2) is 5.83. The molecule has 1 aromatic carbocycles. The summed E-state index contributed by atoms with van der Waals surface area (Å²) in [6, 6.07) is 4.67. The smallest absolute Gasteiger partial charge is 0.169 e. The zero-order valence-electron chi connectivity index (χ0n) is 10.6. The third kappa shape index (κ3) is 2.59. The molecular weight excluding hydrogens is 251 g/mol. The van der Waals surface area contributed by atoms with Gasteiger partial charge in [-0.3, -0.25) is 4.79 Å². The van der Waals surface area contributed by atoms with Gasteiger partial charge in [0.05, 0.1) is 10.6 Å². The summed E-state index contributed by atoms with van der Waals surface area (Å²) in [5.74, 6) is -0.271. The molecule has 0 saturated heterocycles. The lowest BCUT2D eigenvalue weighted by Gasteiger charge is -2.29. The molecule has 0 aliphatic heterocycles. The highest BCUT2D eigenvalue weighted by Crippen LogP contribution is 2.35. The molecule has 0 spiro atoms. The molecular formula is C15H18ClFO. The quantitative estimate of drug-likeness (QED) is 0.714. The summed E-state index contributed by atoms with van der Waals surface area (Å²) < 4.78 is 13.9. The van der Waals surface area contributed by atoms with Crippen LogP contribution in [0.1, 0.15) is 49.4 Å². The largest absolute Gasteiger partial charge is 0.294 e. The summed E-state index contributed by atoms with van der Waals surface area (Å²) in [7, 11) is 0. The lowest BCUT2D eigenvalue weighted by Crippen LogP contribution is -2.27. The van der Waals surface area contributed by atoms with Crippen LogP contribution in [0.15, 0.2) is 18.2 Å². The number of Topliss-reactive ketones (excluding diaryl/α,β-unsaturated/α-hetero) is 1. The lowest BCUT2D eigenvalue weighted by molar-refractivity contribution is 0.0816. The van der Waals surface area contributed by atoms with Gasteiger partial charge in [0.15, 0.2) is 11.6 Å². The van der Waals surface area contributed by atoms with E-state index in [4.69, 9.17) is 11.6 Å². The van der Waals surface area contributed by atoms with Crippen molar-refractivity contribution in [1.82, 2.24) is 0 Å². The molecule has 2 unspecified atom stereocenters. The van der Waals surface area contributed by atoms with Gasteiger partial charge in [-0.05, 0) is 30.9 Å². The number of rotatable bonds is 3. The van der Waals surface area contributed by atoms with Crippen LogP contribution >= 0.6 is 11.6 Å². The van der Waals surface area contributed by atoms with Crippen LogP contribution in [0.25, 0.3) is 0 Å². The Balaban J connectivity index is 2.27. The van der Waals surface area contributed by atoms with Gasteiger partial charge in [-0.25, -0.2) is 4.39 Å². The second-order valence-corrected chi connectivity index (χ2v) is 5.43. The van der Waals surface area contributed by atoms with E-state index < -0.39 is 5.82 Å². The van der Waals surface area contributed by atoms with E-state index in [1.54, 1.807) is 12.1 Å². The second-order valence-electron chi connectivity index (χ2n) is 5.02. The predicted octanol–water partition coefficient (Wildman–Crippen LogP) is 4.88. The Kier molecular flexibility index (Phi) is 4.39. The van der Waals surface area contributed by atoms with Gasteiger partial charge < -0.3 is 0 Å². The van der Waals surface area contributed by atoms with E-state index in [0.29, 0.717) is 5.92 Å². The SMILES string of the molecule is CCC1CCCCC1C(=O)c1cccc(Cl)c1F. The molecule has 0 aromatic heterocycles. The number of halogens is 2. The van der Waals surface area contributed by atoms with Crippen molar-refractivity contribution in [2.75, 3.05) is 0 Å². The van der Waals surface area contributed by atoms with Crippen LogP contribution in [-0.2, 0) is 0 Å². The zero-order chi connectivity index (χ0) is 13.1. The molecule has 0 radical (unpaired) electrons. The maximum Gasteiger partial charge on any atom is 0.169 e. The lowest BCUT2D eigenvalue weighted by atomic mass is 9.74. The van der Waals surface area contributed by atoms with Gasteiger partial charge in [0.2, 0.25) is 0 Å². The number of benzene rings is 1. The third-order valence-corrected chi connectivity index (χ3v) is 4.28. The molecule has 1 aliphatic carbocycles. The Morgan fingerprint density at radius 3 is 2.83 bits per heavy atom. The highest BCUT2D eigenvalue weighted by Gasteiger charge is 2.31. The molecule has 0 bridgehead atoms. The number of carbonyl (C=O) groups excluding carboxylic acids is 1. The average molecular weight is 269 g/mol. The summed E-state index contributed by atoms with van der Waals surface area (Å²) in [5, 5.41) is 0.0321.